The third kappa shape index (κ3) is 3.28. The number of carbonyl (C=O) groups excluding carboxylic acids is 3. The Morgan fingerprint density at radius 1 is 1.29 bits per heavy atom. The molecule has 0 bridgehead atoms. The van der Waals surface area contributed by atoms with Crippen LogP contribution in [0.2, 0.25) is 0 Å². The lowest BCUT2D eigenvalue weighted by Gasteiger charge is -2.61. The van der Waals surface area contributed by atoms with Crippen molar-refractivity contribution in [3.8, 4) is 0 Å². The standard InChI is InChI=1S/C23H28O8/c1-12(24)30-18-16(25)9-15(20(26)28-4)22(2)7-5-14-21(27)31-17(13-6-8-29-11-13)10-23(14,3)19(18)22/h6,8-9,11,14,16-19,25H,5,7,10H2,1-4H3/t14-,16+,17+,18+,19?,22+,23+/m1/s1. The van der Waals surface area contributed by atoms with Crippen LogP contribution in [0.4, 0.5) is 0 Å². The maximum absolute atomic E-state index is 13.1. The highest BCUT2D eigenvalue weighted by Gasteiger charge is 2.66. The van der Waals surface area contributed by atoms with E-state index in [0.29, 0.717) is 24.8 Å². The maximum Gasteiger partial charge on any atom is 0.334 e. The number of esters is 3. The van der Waals surface area contributed by atoms with Crippen LogP contribution in [0.15, 0.2) is 34.7 Å². The van der Waals surface area contributed by atoms with Crippen molar-refractivity contribution in [2.24, 2.45) is 22.7 Å². The molecule has 7 atom stereocenters. The SMILES string of the molecule is COC(=O)C1=C[C@H](O)[C@H](OC(C)=O)C2[C@@]1(C)CC[C@@H]1C(=O)O[C@H](c3ccoc3)C[C@]21C. The number of aliphatic hydroxyl groups is 1. The highest BCUT2D eigenvalue weighted by molar-refractivity contribution is 5.90. The fraction of sp³-hybridized carbons (Fsp3) is 0.609. The third-order valence-corrected chi connectivity index (χ3v) is 7.55. The van der Waals surface area contributed by atoms with Crippen LogP contribution in [0.1, 0.15) is 51.7 Å². The van der Waals surface area contributed by atoms with Gasteiger partial charge in [0.05, 0.1) is 25.6 Å². The van der Waals surface area contributed by atoms with E-state index >= 15 is 0 Å². The zero-order valence-electron chi connectivity index (χ0n) is 18.1. The van der Waals surface area contributed by atoms with Crippen LogP contribution in [0, 0.1) is 22.7 Å². The van der Waals surface area contributed by atoms with E-state index in [1.165, 1.54) is 26.4 Å². The van der Waals surface area contributed by atoms with Crippen LogP contribution >= 0.6 is 0 Å². The number of cyclic esters (lactones) is 1. The molecule has 2 fully saturated rings. The van der Waals surface area contributed by atoms with Crippen molar-refractivity contribution in [2.75, 3.05) is 7.11 Å². The molecular weight excluding hydrogens is 404 g/mol. The Kier molecular flexibility index (Phi) is 5.24. The Labute approximate surface area is 180 Å². The first-order valence-electron chi connectivity index (χ1n) is 10.5. The van der Waals surface area contributed by atoms with E-state index in [9.17, 15) is 19.5 Å². The van der Waals surface area contributed by atoms with Crippen molar-refractivity contribution in [1.82, 2.24) is 0 Å². The molecule has 0 aromatic carbocycles. The minimum Gasteiger partial charge on any atom is -0.472 e. The van der Waals surface area contributed by atoms with E-state index in [0.717, 1.165) is 5.56 Å². The first kappa shape index (κ1) is 21.6. The average molecular weight is 432 g/mol. The molecule has 4 rings (SSSR count). The lowest BCUT2D eigenvalue weighted by Crippen LogP contribution is -2.63. The summed E-state index contributed by atoms with van der Waals surface area (Å²) in [6.45, 7) is 5.18. The molecule has 3 aliphatic rings. The minimum absolute atomic E-state index is 0.327. The fourth-order valence-corrected chi connectivity index (χ4v) is 6.27. The second kappa shape index (κ2) is 7.51. The van der Waals surface area contributed by atoms with Gasteiger partial charge in [-0.2, -0.15) is 0 Å². The van der Waals surface area contributed by atoms with E-state index < -0.39 is 52.9 Å². The molecule has 1 saturated heterocycles. The zero-order valence-corrected chi connectivity index (χ0v) is 18.1. The number of hydrogen-bond acceptors (Lipinski definition) is 8. The van der Waals surface area contributed by atoms with Gasteiger partial charge in [0.25, 0.3) is 0 Å². The normalized spacial score (nSPS) is 39.5. The lowest BCUT2D eigenvalue weighted by molar-refractivity contribution is -0.213. The van der Waals surface area contributed by atoms with Crippen molar-refractivity contribution in [3.63, 3.8) is 0 Å². The van der Waals surface area contributed by atoms with Crippen molar-refractivity contribution in [1.29, 1.82) is 0 Å². The molecular formula is C23H28O8. The van der Waals surface area contributed by atoms with Gasteiger partial charge in [0, 0.05) is 29.4 Å². The maximum atomic E-state index is 13.1. The molecule has 1 saturated carbocycles. The number of hydrogen-bond donors (Lipinski definition) is 1. The molecule has 2 aliphatic carbocycles. The van der Waals surface area contributed by atoms with Crippen LogP contribution in [-0.4, -0.2) is 42.3 Å². The second-order valence-corrected chi connectivity index (χ2v) is 9.32. The van der Waals surface area contributed by atoms with Crippen molar-refractivity contribution in [2.45, 2.75) is 58.3 Å². The van der Waals surface area contributed by atoms with E-state index in [-0.39, 0.29) is 5.97 Å². The summed E-state index contributed by atoms with van der Waals surface area (Å²) in [6, 6.07) is 1.75. The quantitative estimate of drug-likeness (QED) is 0.573. The van der Waals surface area contributed by atoms with Gasteiger partial charge in [-0.25, -0.2) is 4.79 Å². The van der Waals surface area contributed by atoms with Crippen LogP contribution < -0.4 is 0 Å². The predicted molar refractivity (Wildman–Crippen MR) is 106 cm³/mol. The van der Waals surface area contributed by atoms with Crippen molar-refractivity contribution < 1.29 is 38.1 Å². The lowest BCUT2D eigenvalue weighted by atomic mass is 9.44. The summed E-state index contributed by atoms with van der Waals surface area (Å²) >= 11 is 0. The molecule has 31 heavy (non-hydrogen) atoms. The number of fused-ring (bicyclic) bond motifs is 3. The average Bonchev–Trinajstić information content (AvgIpc) is 3.23. The Hall–Kier alpha value is -2.61. The van der Waals surface area contributed by atoms with Gasteiger partial charge in [0.1, 0.15) is 18.3 Å². The molecule has 0 radical (unpaired) electrons. The summed E-state index contributed by atoms with van der Waals surface area (Å²) < 4.78 is 21.6. The topological polar surface area (TPSA) is 112 Å². The minimum atomic E-state index is -1.20. The first-order chi connectivity index (χ1) is 14.6. The Bertz CT molecular complexity index is 918. The molecule has 1 N–H and O–H groups in total. The molecule has 168 valence electrons. The van der Waals surface area contributed by atoms with Gasteiger partial charge in [-0.3, -0.25) is 9.59 Å². The first-order valence-corrected chi connectivity index (χ1v) is 10.5. The summed E-state index contributed by atoms with van der Waals surface area (Å²) in [5.41, 5.74) is -0.367. The highest BCUT2D eigenvalue weighted by atomic mass is 16.6. The Balaban J connectivity index is 1.85. The molecule has 8 heteroatoms. The number of aliphatic hydroxyl groups excluding tert-OH is 1. The molecule has 2 heterocycles. The van der Waals surface area contributed by atoms with E-state index in [1.54, 1.807) is 12.3 Å². The Morgan fingerprint density at radius 2 is 2.03 bits per heavy atom. The summed E-state index contributed by atoms with van der Waals surface area (Å²) in [5.74, 6) is -2.33. The van der Waals surface area contributed by atoms with Crippen molar-refractivity contribution >= 4 is 17.9 Å². The molecule has 0 amide bonds. The number of ether oxygens (including phenoxy) is 3. The predicted octanol–water partition coefficient (Wildman–Crippen LogP) is 2.71. The van der Waals surface area contributed by atoms with Crippen molar-refractivity contribution in [3.05, 3.63) is 35.8 Å². The smallest absolute Gasteiger partial charge is 0.334 e. The fourth-order valence-electron chi connectivity index (χ4n) is 6.27. The molecule has 0 spiro atoms. The molecule has 1 aliphatic heterocycles. The van der Waals surface area contributed by atoms with Crippen LogP contribution in [0.5, 0.6) is 0 Å². The van der Waals surface area contributed by atoms with E-state index in [1.807, 2.05) is 13.8 Å². The van der Waals surface area contributed by atoms with Crippen LogP contribution in [0.3, 0.4) is 0 Å². The number of methoxy groups -OCH3 is 1. The number of furan rings is 1. The summed E-state index contributed by atoms with van der Waals surface area (Å²) in [5, 5.41) is 10.9. The highest BCUT2D eigenvalue weighted by Crippen LogP contribution is 2.65. The van der Waals surface area contributed by atoms with Gasteiger partial charge in [0.15, 0.2) is 0 Å². The largest absolute Gasteiger partial charge is 0.472 e. The summed E-state index contributed by atoms with van der Waals surface area (Å²) in [7, 11) is 1.30. The van der Waals surface area contributed by atoms with E-state index in [4.69, 9.17) is 18.6 Å². The van der Waals surface area contributed by atoms with Crippen LogP contribution in [0.25, 0.3) is 0 Å². The number of carbonyl (C=O) groups is 3. The molecule has 8 nitrogen and oxygen atoms in total. The summed E-state index contributed by atoms with van der Waals surface area (Å²) in [4.78, 5) is 37.7. The molecule has 1 aromatic rings. The zero-order chi connectivity index (χ0) is 22.6. The Morgan fingerprint density at radius 3 is 2.65 bits per heavy atom. The molecule has 1 aromatic heterocycles. The van der Waals surface area contributed by atoms with Gasteiger partial charge >= 0.3 is 17.9 Å². The monoisotopic (exact) mass is 432 g/mol. The van der Waals surface area contributed by atoms with Gasteiger partial charge < -0.3 is 23.7 Å². The van der Waals surface area contributed by atoms with Gasteiger partial charge in [0.2, 0.25) is 0 Å². The number of rotatable bonds is 3. The third-order valence-electron chi connectivity index (χ3n) is 7.55. The summed E-state index contributed by atoms with van der Waals surface area (Å²) in [6.07, 6.45) is 3.33. The van der Waals surface area contributed by atoms with E-state index in [2.05, 4.69) is 0 Å². The molecule has 1 unspecified atom stereocenters. The van der Waals surface area contributed by atoms with Gasteiger partial charge in [-0.15, -0.1) is 0 Å². The van der Waals surface area contributed by atoms with Crippen LogP contribution in [-0.2, 0) is 28.6 Å². The second-order valence-electron chi connectivity index (χ2n) is 9.32. The van der Waals surface area contributed by atoms with Gasteiger partial charge in [-0.1, -0.05) is 13.8 Å². The van der Waals surface area contributed by atoms with Gasteiger partial charge in [-0.05, 0) is 36.8 Å².